The second-order valence-corrected chi connectivity index (χ2v) is 10.5. The van der Waals surface area contributed by atoms with Crippen molar-refractivity contribution < 1.29 is 17.6 Å². The van der Waals surface area contributed by atoms with Crippen LogP contribution in [0.1, 0.15) is 11.8 Å². The highest BCUT2D eigenvalue weighted by atomic mass is 32.2. The Morgan fingerprint density at radius 3 is 2.26 bits per heavy atom. The fourth-order valence-corrected chi connectivity index (χ4v) is 5.33. The topological polar surface area (TPSA) is 75.0 Å². The summed E-state index contributed by atoms with van der Waals surface area (Å²) in [5.41, 5.74) is 0.804. The van der Waals surface area contributed by atoms with Gasteiger partial charge in [0, 0.05) is 38.1 Å². The van der Waals surface area contributed by atoms with Crippen LogP contribution in [-0.4, -0.2) is 58.0 Å². The van der Waals surface area contributed by atoms with Crippen molar-refractivity contribution in [3.05, 3.63) is 90.7 Å². The highest BCUT2D eigenvalue weighted by Crippen LogP contribution is 2.29. The number of sulfonamides is 1. The Kier molecular flexibility index (Phi) is 6.88. The number of ether oxygens (including phenoxy) is 1. The molecule has 1 aromatic heterocycles. The van der Waals surface area contributed by atoms with Gasteiger partial charge in [-0.1, -0.05) is 36.4 Å². The number of hydrogen-bond acceptors (Lipinski definition) is 6. The van der Waals surface area contributed by atoms with Gasteiger partial charge in [0.2, 0.25) is 10.0 Å². The second-order valence-electron chi connectivity index (χ2n) is 8.78. The lowest BCUT2D eigenvalue weighted by molar-refractivity contribution is 0.103. The first-order chi connectivity index (χ1) is 17.0. The Bertz CT molecular complexity index is 1330. The summed E-state index contributed by atoms with van der Waals surface area (Å²) in [6.45, 7) is 3.74. The Hall–Kier alpha value is -3.17. The summed E-state index contributed by atoms with van der Waals surface area (Å²) in [6.07, 6.45) is 0. The average Bonchev–Trinajstić information content (AvgIpc) is 3.30. The van der Waals surface area contributed by atoms with Crippen LogP contribution in [0.3, 0.4) is 0 Å². The summed E-state index contributed by atoms with van der Waals surface area (Å²) in [6, 6.07) is 25.5. The summed E-state index contributed by atoms with van der Waals surface area (Å²) in [4.78, 5) is 4.76. The largest absolute Gasteiger partial charge is 0.459 e. The number of benzene rings is 3. The highest BCUT2D eigenvalue weighted by Gasteiger charge is 2.28. The number of para-hydroxylation sites is 2. The molecule has 7 nitrogen and oxygen atoms in total. The van der Waals surface area contributed by atoms with Gasteiger partial charge in [-0.25, -0.2) is 13.1 Å². The van der Waals surface area contributed by atoms with Crippen LogP contribution in [-0.2, 0) is 10.0 Å². The van der Waals surface area contributed by atoms with E-state index in [1.165, 1.54) is 0 Å². The lowest BCUT2D eigenvalue weighted by Gasteiger charge is -2.37. The van der Waals surface area contributed by atoms with Crippen molar-refractivity contribution >= 4 is 21.0 Å². The number of nitrogens with one attached hydrogen (secondary N) is 1. The molecule has 0 amide bonds. The Morgan fingerprint density at radius 2 is 1.54 bits per heavy atom. The quantitative estimate of drug-likeness (QED) is 0.391. The molecule has 1 atom stereocenters. The molecule has 3 aromatic carbocycles. The molecule has 1 aliphatic heterocycles. The minimum Gasteiger partial charge on any atom is -0.459 e. The van der Waals surface area contributed by atoms with Gasteiger partial charge in [-0.15, -0.1) is 0 Å². The molecule has 0 aliphatic carbocycles. The smallest absolute Gasteiger partial charge is 0.240 e. The van der Waals surface area contributed by atoms with E-state index in [0.29, 0.717) is 11.5 Å². The first-order valence-electron chi connectivity index (χ1n) is 11.7. The zero-order valence-electron chi connectivity index (χ0n) is 19.6. The van der Waals surface area contributed by atoms with E-state index < -0.39 is 10.0 Å². The van der Waals surface area contributed by atoms with E-state index in [1.54, 1.807) is 24.3 Å². The third kappa shape index (κ3) is 5.57. The Balaban J connectivity index is 1.32. The lowest BCUT2D eigenvalue weighted by Crippen LogP contribution is -2.48. The zero-order chi connectivity index (χ0) is 24.3. The molecule has 8 heteroatoms. The molecule has 2 heterocycles. The number of likely N-dealkylation sites (N-methyl/N-ethyl adjacent to an activating group) is 1. The molecule has 0 radical (unpaired) electrons. The van der Waals surface area contributed by atoms with Gasteiger partial charge in [0.05, 0.1) is 10.9 Å². The van der Waals surface area contributed by atoms with Crippen LogP contribution in [0.25, 0.3) is 11.0 Å². The van der Waals surface area contributed by atoms with E-state index in [-0.39, 0.29) is 17.5 Å². The molecule has 0 bridgehead atoms. The molecular weight excluding hydrogens is 462 g/mol. The van der Waals surface area contributed by atoms with Gasteiger partial charge in [0.25, 0.3) is 0 Å². The summed E-state index contributed by atoms with van der Waals surface area (Å²) in [5, 5.41) is 1.01. The summed E-state index contributed by atoms with van der Waals surface area (Å²) in [5.74, 6) is 2.04. The van der Waals surface area contributed by atoms with Crippen LogP contribution in [0.15, 0.2) is 94.2 Å². The van der Waals surface area contributed by atoms with E-state index in [0.717, 1.165) is 42.9 Å². The van der Waals surface area contributed by atoms with Crippen molar-refractivity contribution in [2.75, 3.05) is 39.8 Å². The molecule has 1 aliphatic rings. The summed E-state index contributed by atoms with van der Waals surface area (Å²) in [7, 11) is -1.62. The Morgan fingerprint density at radius 1 is 0.886 bits per heavy atom. The second kappa shape index (κ2) is 10.2. The van der Waals surface area contributed by atoms with Crippen LogP contribution in [0.5, 0.6) is 11.5 Å². The van der Waals surface area contributed by atoms with Gasteiger partial charge >= 0.3 is 0 Å². The van der Waals surface area contributed by atoms with Crippen molar-refractivity contribution in [1.82, 2.24) is 14.5 Å². The van der Waals surface area contributed by atoms with Crippen LogP contribution < -0.4 is 9.46 Å². The molecule has 1 fully saturated rings. The first-order valence-corrected chi connectivity index (χ1v) is 13.2. The monoisotopic (exact) mass is 491 g/mol. The lowest BCUT2D eigenvalue weighted by atomic mass is 10.1. The number of hydrogen-bond donors (Lipinski definition) is 1. The minimum absolute atomic E-state index is 0.194. The van der Waals surface area contributed by atoms with Crippen molar-refractivity contribution in [2.24, 2.45) is 0 Å². The standard InChI is InChI=1S/C27H29N3O4S/c1-29-15-17-30(18-16-29)25(27-19-21-7-5-6-10-26(21)34-27)20-28-35(31,32)24-13-11-23(12-14-24)33-22-8-3-2-4-9-22/h2-14,19,25,28H,15-18,20H2,1H3. The maximum Gasteiger partial charge on any atom is 0.240 e. The van der Waals surface area contributed by atoms with Gasteiger partial charge < -0.3 is 14.1 Å². The molecular formula is C27H29N3O4S. The predicted molar refractivity (Wildman–Crippen MR) is 136 cm³/mol. The molecule has 1 unspecified atom stereocenters. The van der Waals surface area contributed by atoms with Gasteiger partial charge in [-0.2, -0.15) is 0 Å². The fourth-order valence-electron chi connectivity index (χ4n) is 4.29. The summed E-state index contributed by atoms with van der Waals surface area (Å²) >= 11 is 0. The number of furan rings is 1. The molecule has 35 heavy (non-hydrogen) atoms. The third-order valence-corrected chi connectivity index (χ3v) is 7.77. The van der Waals surface area contributed by atoms with E-state index in [9.17, 15) is 8.42 Å². The zero-order valence-corrected chi connectivity index (χ0v) is 20.4. The highest BCUT2D eigenvalue weighted by molar-refractivity contribution is 7.89. The van der Waals surface area contributed by atoms with Gasteiger partial charge in [-0.3, -0.25) is 4.90 Å². The van der Waals surface area contributed by atoms with Crippen LogP contribution in [0, 0.1) is 0 Å². The van der Waals surface area contributed by atoms with Crippen molar-refractivity contribution in [3.63, 3.8) is 0 Å². The van der Waals surface area contributed by atoms with E-state index >= 15 is 0 Å². The van der Waals surface area contributed by atoms with E-state index in [4.69, 9.17) is 9.15 Å². The molecule has 0 spiro atoms. The van der Waals surface area contributed by atoms with Gasteiger partial charge in [0.1, 0.15) is 22.8 Å². The number of nitrogens with zero attached hydrogens (tertiary/aromatic N) is 2. The SMILES string of the molecule is CN1CCN(C(CNS(=O)(=O)c2ccc(Oc3ccccc3)cc2)c2cc3ccccc3o2)CC1. The van der Waals surface area contributed by atoms with E-state index in [1.807, 2.05) is 60.7 Å². The molecule has 1 saturated heterocycles. The van der Waals surface area contributed by atoms with Crippen LogP contribution in [0.2, 0.25) is 0 Å². The summed E-state index contributed by atoms with van der Waals surface area (Å²) < 4.78 is 41.0. The van der Waals surface area contributed by atoms with Gasteiger partial charge in [0.15, 0.2) is 0 Å². The van der Waals surface area contributed by atoms with Crippen LogP contribution >= 0.6 is 0 Å². The van der Waals surface area contributed by atoms with Gasteiger partial charge in [-0.05, 0) is 55.6 Å². The third-order valence-electron chi connectivity index (χ3n) is 6.33. The normalized spacial score (nSPS) is 16.4. The fraction of sp³-hybridized carbons (Fsp3) is 0.259. The molecule has 1 N–H and O–H groups in total. The predicted octanol–water partition coefficient (Wildman–Crippen LogP) is 4.49. The molecule has 5 rings (SSSR count). The first kappa shape index (κ1) is 23.6. The number of fused-ring (bicyclic) bond motifs is 1. The van der Waals surface area contributed by atoms with Crippen molar-refractivity contribution in [3.8, 4) is 11.5 Å². The average molecular weight is 492 g/mol. The maximum absolute atomic E-state index is 13.1. The number of piperazine rings is 1. The molecule has 4 aromatic rings. The van der Waals surface area contributed by atoms with Crippen LogP contribution in [0.4, 0.5) is 0 Å². The molecule has 182 valence electrons. The molecule has 0 saturated carbocycles. The number of rotatable bonds is 8. The maximum atomic E-state index is 13.1. The van der Waals surface area contributed by atoms with Crippen molar-refractivity contribution in [2.45, 2.75) is 10.9 Å². The van der Waals surface area contributed by atoms with E-state index in [2.05, 4.69) is 21.6 Å². The van der Waals surface area contributed by atoms with Crippen molar-refractivity contribution in [1.29, 1.82) is 0 Å². The minimum atomic E-state index is -3.72. The Labute approximate surface area is 206 Å².